The third-order valence-electron chi connectivity index (χ3n) is 5.37. The Morgan fingerprint density at radius 1 is 1.03 bits per heavy atom. The Kier molecular flexibility index (Phi) is 5.13. The van der Waals surface area contributed by atoms with E-state index in [-0.39, 0.29) is 0 Å². The lowest BCUT2D eigenvalue weighted by Crippen LogP contribution is -2.29. The van der Waals surface area contributed by atoms with E-state index in [1.807, 2.05) is 24.5 Å². The van der Waals surface area contributed by atoms with Crippen LogP contribution in [0.2, 0.25) is 0 Å². The second-order valence-electron chi connectivity index (χ2n) is 7.32. The molecule has 31 heavy (non-hydrogen) atoms. The first-order chi connectivity index (χ1) is 15.2. The van der Waals surface area contributed by atoms with Crippen LogP contribution in [-0.4, -0.2) is 37.5 Å². The Balaban J connectivity index is 1.56. The van der Waals surface area contributed by atoms with Gasteiger partial charge >= 0.3 is 0 Å². The van der Waals surface area contributed by atoms with E-state index >= 15 is 0 Å². The third-order valence-corrected chi connectivity index (χ3v) is 6.34. The summed E-state index contributed by atoms with van der Waals surface area (Å²) in [5.41, 5.74) is 3.53. The smallest absolute Gasteiger partial charge is 0.141 e. The van der Waals surface area contributed by atoms with Gasteiger partial charge in [0.25, 0.3) is 0 Å². The summed E-state index contributed by atoms with van der Waals surface area (Å²) in [5, 5.41) is 31.8. The Morgan fingerprint density at radius 3 is 2.71 bits per heavy atom. The van der Waals surface area contributed by atoms with Gasteiger partial charge in [-0.05, 0) is 44.1 Å². The van der Waals surface area contributed by atoms with Gasteiger partial charge in [-0.25, -0.2) is 9.50 Å². The molecular weight excluding hydrogens is 408 g/mol. The minimum atomic E-state index is 0.356. The highest BCUT2D eigenvalue weighted by molar-refractivity contribution is 7.99. The number of piperidine rings is 1. The van der Waals surface area contributed by atoms with Crippen molar-refractivity contribution in [3.8, 4) is 23.3 Å². The minimum absolute atomic E-state index is 0.356. The van der Waals surface area contributed by atoms with Gasteiger partial charge < -0.3 is 5.32 Å². The van der Waals surface area contributed by atoms with Gasteiger partial charge in [-0.3, -0.25) is 4.68 Å². The van der Waals surface area contributed by atoms with Crippen LogP contribution >= 0.6 is 11.8 Å². The molecule has 5 rings (SSSR count). The fourth-order valence-electron chi connectivity index (χ4n) is 3.81. The van der Waals surface area contributed by atoms with E-state index in [1.165, 1.54) is 11.8 Å². The highest BCUT2D eigenvalue weighted by Gasteiger charge is 2.18. The van der Waals surface area contributed by atoms with Gasteiger partial charge in [-0.1, -0.05) is 17.8 Å². The SMILES string of the molecule is N#Cc1cccc(Sc2cc(-c3cnn(C4CCNCC4)c3)cn3ncc(C#N)c23)n1. The van der Waals surface area contributed by atoms with Crippen molar-refractivity contribution in [2.45, 2.75) is 28.8 Å². The lowest BCUT2D eigenvalue weighted by molar-refractivity contribution is 0.343. The number of nitriles is 2. The summed E-state index contributed by atoms with van der Waals surface area (Å²) in [6, 6.07) is 12.1. The van der Waals surface area contributed by atoms with Crippen LogP contribution in [0.25, 0.3) is 16.6 Å². The summed E-state index contributed by atoms with van der Waals surface area (Å²) >= 11 is 1.41. The Morgan fingerprint density at radius 2 is 1.90 bits per heavy atom. The summed E-state index contributed by atoms with van der Waals surface area (Å²) in [5.74, 6) is 0. The maximum Gasteiger partial charge on any atom is 0.141 e. The van der Waals surface area contributed by atoms with Gasteiger partial charge in [0.1, 0.15) is 22.9 Å². The first-order valence-electron chi connectivity index (χ1n) is 9.97. The van der Waals surface area contributed by atoms with Gasteiger partial charge in [-0.2, -0.15) is 20.7 Å². The van der Waals surface area contributed by atoms with E-state index in [1.54, 1.807) is 22.8 Å². The molecule has 0 aliphatic carbocycles. The van der Waals surface area contributed by atoms with Crippen molar-refractivity contribution >= 4 is 17.3 Å². The molecule has 1 aliphatic rings. The molecule has 0 spiro atoms. The highest BCUT2D eigenvalue weighted by atomic mass is 32.2. The number of nitrogens with one attached hydrogen (secondary N) is 1. The lowest BCUT2D eigenvalue weighted by atomic mass is 10.1. The van der Waals surface area contributed by atoms with Crippen LogP contribution in [0.15, 0.2) is 59.0 Å². The Hall–Kier alpha value is -3.66. The van der Waals surface area contributed by atoms with Crippen LogP contribution < -0.4 is 5.32 Å². The molecule has 0 atom stereocenters. The number of nitrogens with zero attached hydrogens (tertiary/aromatic N) is 7. The number of aromatic nitrogens is 5. The quantitative estimate of drug-likeness (QED) is 0.533. The molecule has 0 saturated carbocycles. The van der Waals surface area contributed by atoms with E-state index < -0.39 is 0 Å². The van der Waals surface area contributed by atoms with Crippen LogP contribution in [0.5, 0.6) is 0 Å². The third kappa shape index (κ3) is 3.77. The molecule has 1 fully saturated rings. The zero-order valence-corrected chi connectivity index (χ0v) is 17.4. The van der Waals surface area contributed by atoms with Gasteiger partial charge in [0.2, 0.25) is 0 Å². The fraction of sp³-hybridized carbons (Fsp3) is 0.227. The van der Waals surface area contributed by atoms with E-state index in [4.69, 9.17) is 5.26 Å². The summed E-state index contributed by atoms with van der Waals surface area (Å²) < 4.78 is 3.78. The molecule has 1 N–H and O–H groups in total. The monoisotopic (exact) mass is 426 g/mol. The standard InChI is InChI=1S/C22H18N8S/c23-9-16-11-27-30-13-15(17-12-26-29(14-17)19-4-6-25-7-5-19)8-20(22(16)30)31-21-3-1-2-18(10-24)28-21/h1-3,8,11-14,19,25H,4-7H2. The summed E-state index contributed by atoms with van der Waals surface area (Å²) in [7, 11) is 0. The Bertz CT molecular complexity index is 1330. The molecule has 4 aromatic rings. The van der Waals surface area contributed by atoms with Crippen molar-refractivity contribution in [3.05, 3.63) is 60.3 Å². The van der Waals surface area contributed by atoms with Crippen molar-refractivity contribution in [2.75, 3.05) is 13.1 Å². The number of hydrogen-bond acceptors (Lipinski definition) is 7. The zero-order valence-electron chi connectivity index (χ0n) is 16.6. The maximum atomic E-state index is 9.54. The number of hydrogen-bond donors (Lipinski definition) is 1. The van der Waals surface area contributed by atoms with Gasteiger partial charge in [0.15, 0.2) is 0 Å². The van der Waals surface area contributed by atoms with E-state index in [0.717, 1.165) is 47.5 Å². The maximum absolute atomic E-state index is 9.54. The molecule has 8 nitrogen and oxygen atoms in total. The Labute approximate surface area is 183 Å². The minimum Gasteiger partial charge on any atom is -0.317 e. The van der Waals surface area contributed by atoms with Gasteiger partial charge in [0.05, 0.1) is 29.5 Å². The van der Waals surface area contributed by atoms with E-state index in [2.05, 4.69) is 43.5 Å². The number of pyridine rings is 2. The molecule has 1 aliphatic heterocycles. The average molecular weight is 427 g/mol. The molecular formula is C22H18N8S. The van der Waals surface area contributed by atoms with E-state index in [0.29, 0.717) is 22.3 Å². The predicted molar refractivity (Wildman–Crippen MR) is 115 cm³/mol. The molecule has 1 saturated heterocycles. The largest absolute Gasteiger partial charge is 0.317 e. The topological polar surface area (TPSA) is 108 Å². The molecule has 9 heteroatoms. The van der Waals surface area contributed by atoms with Gasteiger partial charge in [0, 0.05) is 28.4 Å². The summed E-state index contributed by atoms with van der Waals surface area (Å²) in [6.07, 6.45) is 9.57. The molecule has 152 valence electrons. The number of rotatable bonds is 4. The van der Waals surface area contributed by atoms with Crippen LogP contribution in [0, 0.1) is 22.7 Å². The van der Waals surface area contributed by atoms with Gasteiger partial charge in [-0.15, -0.1) is 0 Å². The summed E-state index contributed by atoms with van der Waals surface area (Å²) in [6.45, 7) is 2.01. The van der Waals surface area contributed by atoms with Crippen LogP contribution in [0.3, 0.4) is 0 Å². The lowest BCUT2D eigenvalue weighted by Gasteiger charge is -2.22. The normalized spacial score (nSPS) is 14.4. The molecule has 0 unspecified atom stereocenters. The number of fused-ring (bicyclic) bond motifs is 1. The molecule has 0 amide bonds. The van der Waals surface area contributed by atoms with Crippen molar-refractivity contribution in [3.63, 3.8) is 0 Å². The van der Waals surface area contributed by atoms with Crippen molar-refractivity contribution in [2.24, 2.45) is 0 Å². The molecule has 0 aromatic carbocycles. The first kappa shape index (κ1) is 19.3. The second-order valence-corrected chi connectivity index (χ2v) is 8.38. The van der Waals surface area contributed by atoms with Crippen LogP contribution in [0.1, 0.15) is 30.1 Å². The van der Waals surface area contributed by atoms with Crippen LogP contribution in [0.4, 0.5) is 0 Å². The fourth-order valence-corrected chi connectivity index (χ4v) is 4.81. The van der Waals surface area contributed by atoms with Crippen molar-refractivity contribution in [1.29, 1.82) is 10.5 Å². The zero-order chi connectivity index (χ0) is 21.2. The van der Waals surface area contributed by atoms with Crippen molar-refractivity contribution < 1.29 is 0 Å². The van der Waals surface area contributed by atoms with Crippen molar-refractivity contribution in [1.82, 2.24) is 29.7 Å². The molecule has 0 bridgehead atoms. The molecule has 5 heterocycles. The molecule has 4 aromatic heterocycles. The summed E-state index contributed by atoms with van der Waals surface area (Å²) in [4.78, 5) is 5.22. The first-order valence-corrected chi connectivity index (χ1v) is 10.8. The second kappa shape index (κ2) is 8.23. The average Bonchev–Trinajstić information content (AvgIpc) is 3.47. The van der Waals surface area contributed by atoms with Crippen LogP contribution in [-0.2, 0) is 0 Å². The molecule has 0 radical (unpaired) electrons. The van der Waals surface area contributed by atoms with E-state index in [9.17, 15) is 5.26 Å². The predicted octanol–water partition coefficient (Wildman–Crippen LogP) is 3.41. The highest BCUT2D eigenvalue weighted by Crippen LogP contribution is 2.35.